The SMILES string of the molecule is CC(=O)N(c1ccccc1)C1CC(Cl)C(Cl)C1OC(=O)c1ccc(Br)cc1. The average molecular weight is 471 g/mol. The quantitative estimate of drug-likeness (QED) is 0.465. The van der Waals surface area contributed by atoms with E-state index in [1.807, 2.05) is 30.3 Å². The maximum Gasteiger partial charge on any atom is 0.338 e. The highest BCUT2D eigenvalue weighted by molar-refractivity contribution is 9.10. The first-order valence-electron chi connectivity index (χ1n) is 8.48. The number of rotatable bonds is 4. The van der Waals surface area contributed by atoms with Crippen LogP contribution in [0, 0.1) is 0 Å². The molecule has 1 fully saturated rings. The number of para-hydroxylation sites is 1. The van der Waals surface area contributed by atoms with Crippen LogP contribution in [0.4, 0.5) is 5.69 Å². The van der Waals surface area contributed by atoms with E-state index >= 15 is 0 Å². The maximum absolute atomic E-state index is 12.6. The molecule has 4 nitrogen and oxygen atoms in total. The Morgan fingerprint density at radius 1 is 1.07 bits per heavy atom. The molecule has 0 radical (unpaired) electrons. The summed E-state index contributed by atoms with van der Waals surface area (Å²) in [5, 5.41) is -1.01. The van der Waals surface area contributed by atoms with E-state index in [0.29, 0.717) is 17.7 Å². The summed E-state index contributed by atoms with van der Waals surface area (Å²) in [4.78, 5) is 26.6. The number of carbonyl (C=O) groups excluding carboxylic acids is 2. The van der Waals surface area contributed by atoms with Crippen molar-refractivity contribution in [2.45, 2.75) is 36.2 Å². The van der Waals surface area contributed by atoms with Crippen LogP contribution in [0.1, 0.15) is 23.7 Å². The Morgan fingerprint density at radius 3 is 2.30 bits per heavy atom. The monoisotopic (exact) mass is 469 g/mol. The molecule has 27 heavy (non-hydrogen) atoms. The van der Waals surface area contributed by atoms with Gasteiger partial charge < -0.3 is 9.64 Å². The molecule has 0 N–H and O–H groups in total. The smallest absolute Gasteiger partial charge is 0.338 e. The van der Waals surface area contributed by atoms with Gasteiger partial charge in [0.25, 0.3) is 0 Å². The van der Waals surface area contributed by atoms with Crippen molar-refractivity contribution in [1.29, 1.82) is 0 Å². The Bertz CT molecular complexity index is 816. The molecule has 1 aliphatic carbocycles. The third-order valence-electron chi connectivity index (χ3n) is 4.53. The Labute approximate surface area is 176 Å². The molecule has 7 heteroatoms. The summed E-state index contributed by atoms with van der Waals surface area (Å²) in [6.45, 7) is 1.48. The second-order valence-electron chi connectivity index (χ2n) is 6.36. The number of carbonyl (C=O) groups is 2. The molecule has 1 saturated carbocycles. The van der Waals surface area contributed by atoms with Crippen LogP contribution in [0.3, 0.4) is 0 Å². The topological polar surface area (TPSA) is 46.6 Å². The highest BCUT2D eigenvalue weighted by atomic mass is 79.9. The molecular weight excluding hydrogens is 453 g/mol. The van der Waals surface area contributed by atoms with Crippen molar-refractivity contribution in [1.82, 2.24) is 0 Å². The number of benzene rings is 2. The van der Waals surface area contributed by atoms with Gasteiger partial charge in [0.1, 0.15) is 6.10 Å². The zero-order valence-electron chi connectivity index (χ0n) is 14.5. The van der Waals surface area contributed by atoms with Crippen molar-refractivity contribution >= 4 is 56.7 Å². The van der Waals surface area contributed by atoms with Gasteiger partial charge in [0, 0.05) is 17.1 Å². The summed E-state index contributed by atoms with van der Waals surface area (Å²) in [6, 6.07) is 15.6. The van der Waals surface area contributed by atoms with Gasteiger partial charge in [-0.1, -0.05) is 34.1 Å². The summed E-state index contributed by atoms with van der Waals surface area (Å²) < 4.78 is 6.58. The van der Waals surface area contributed by atoms with Crippen molar-refractivity contribution in [3.8, 4) is 0 Å². The molecule has 0 aliphatic heterocycles. The van der Waals surface area contributed by atoms with E-state index in [4.69, 9.17) is 27.9 Å². The number of nitrogens with zero attached hydrogens (tertiary/aromatic N) is 1. The molecule has 2 aromatic rings. The zero-order valence-corrected chi connectivity index (χ0v) is 17.6. The normalized spacial score (nSPS) is 24.4. The van der Waals surface area contributed by atoms with E-state index in [0.717, 1.165) is 4.47 Å². The lowest BCUT2D eigenvalue weighted by Gasteiger charge is -2.32. The van der Waals surface area contributed by atoms with Crippen LogP contribution in [0.2, 0.25) is 0 Å². The molecule has 1 amide bonds. The molecule has 1 aliphatic rings. The molecule has 4 unspecified atom stereocenters. The van der Waals surface area contributed by atoms with Gasteiger partial charge in [0.15, 0.2) is 0 Å². The molecule has 0 spiro atoms. The largest absolute Gasteiger partial charge is 0.455 e. The lowest BCUT2D eigenvalue weighted by molar-refractivity contribution is -0.117. The van der Waals surface area contributed by atoms with Crippen LogP contribution >= 0.6 is 39.1 Å². The van der Waals surface area contributed by atoms with E-state index < -0.39 is 28.9 Å². The maximum atomic E-state index is 12.6. The van der Waals surface area contributed by atoms with Crippen molar-refractivity contribution in [3.05, 3.63) is 64.6 Å². The van der Waals surface area contributed by atoms with Crippen LogP contribution in [0.25, 0.3) is 0 Å². The molecule has 0 saturated heterocycles. The van der Waals surface area contributed by atoms with Crippen LogP contribution in [0.15, 0.2) is 59.1 Å². The fourth-order valence-electron chi connectivity index (χ4n) is 3.28. The van der Waals surface area contributed by atoms with Gasteiger partial charge in [-0.3, -0.25) is 4.79 Å². The highest BCUT2D eigenvalue weighted by Gasteiger charge is 2.48. The Kier molecular flexibility index (Phi) is 6.45. The molecule has 0 bridgehead atoms. The number of hydrogen-bond acceptors (Lipinski definition) is 3. The minimum absolute atomic E-state index is 0.162. The number of ether oxygens (including phenoxy) is 1. The minimum Gasteiger partial charge on any atom is -0.455 e. The van der Waals surface area contributed by atoms with Crippen LogP contribution in [-0.2, 0) is 9.53 Å². The Balaban J connectivity index is 1.88. The number of halogens is 3. The predicted molar refractivity (Wildman–Crippen MR) is 111 cm³/mol. The third-order valence-corrected chi connectivity index (χ3v) is 6.19. The van der Waals surface area contributed by atoms with Gasteiger partial charge in [-0.2, -0.15) is 0 Å². The predicted octanol–water partition coefficient (Wildman–Crippen LogP) is 5.01. The van der Waals surface area contributed by atoms with Gasteiger partial charge >= 0.3 is 5.97 Å². The van der Waals surface area contributed by atoms with Crippen LogP contribution < -0.4 is 4.90 Å². The second kappa shape index (κ2) is 8.63. The van der Waals surface area contributed by atoms with E-state index in [2.05, 4.69) is 15.9 Å². The Morgan fingerprint density at radius 2 is 1.70 bits per heavy atom. The van der Waals surface area contributed by atoms with Crippen molar-refractivity contribution in [3.63, 3.8) is 0 Å². The van der Waals surface area contributed by atoms with Crippen molar-refractivity contribution in [2.24, 2.45) is 0 Å². The molecule has 0 aromatic heterocycles. The molecule has 0 heterocycles. The summed E-state index contributed by atoms with van der Waals surface area (Å²) in [7, 11) is 0. The van der Waals surface area contributed by atoms with Crippen molar-refractivity contribution in [2.75, 3.05) is 4.90 Å². The van der Waals surface area contributed by atoms with Crippen molar-refractivity contribution < 1.29 is 14.3 Å². The summed E-state index contributed by atoms with van der Waals surface area (Å²) in [6.07, 6.45) is -0.280. The van der Waals surface area contributed by atoms with Gasteiger partial charge in [-0.15, -0.1) is 23.2 Å². The van der Waals surface area contributed by atoms with Gasteiger partial charge in [-0.25, -0.2) is 4.79 Å². The number of amides is 1. The summed E-state index contributed by atoms with van der Waals surface area (Å²) in [5.74, 6) is -0.656. The lowest BCUT2D eigenvalue weighted by Crippen LogP contribution is -2.47. The summed E-state index contributed by atoms with van der Waals surface area (Å²) >= 11 is 16.2. The first-order valence-corrected chi connectivity index (χ1v) is 10.1. The number of hydrogen-bond donors (Lipinski definition) is 0. The highest BCUT2D eigenvalue weighted by Crippen LogP contribution is 2.37. The van der Waals surface area contributed by atoms with E-state index in [1.54, 1.807) is 29.2 Å². The molecular formula is C20H18BrCl2NO3. The molecule has 3 rings (SSSR count). The first kappa shape index (κ1) is 20.2. The number of alkyl halides is 2. The van der Waals surface area contributed by atoms with Gasteiger partial charge in [0.2, 0.25) is 5.91 Å². The van der Waals surface area contributed by atoms with Crippen LogP contribution in [-0.4, -0.2) is 34.8 Å². The van der Waals surface area contributed by atoms with Gasteiger partial charge in [-0.05, 0) is 42.8 Å². The van der Waals surface area contributed by atoms with Gasteiger partial charge in [0.05, 0.1) is 22.4 Å². The zero-order chi connectivity index (χ0) is 19.6. The lowest BCUT2D eigenvalue weighted by atomic mass is 10.1. The fourth-order valence-corrected chi connectivity index (χ4v) is 4.19. The summed E-state index contributed by atoms with van der Waals surface area (Å²) in [5.41, 5.74) is 1.13. The minimum atomic E-state index is -0.714. The second-order valence-corrected chi connectivity index (χ2v) is 8.35. The Hall–Kier alpha value is -1.56. The standard InChI is InChI=1S/C20H18BrCl2NO3/c1-12(25)24(15-5-3-2-4-6-15)17-11-16(22)18(23)19(17)27-20(26)13-7-9-14(21)10-8-13/h2-10,16-19H,11H2,1H3. The number of anilines is 1. The first-order chi connectivity index (χ1) is 12.9. The molecule has 2 aromatic carbocycles. The van der Waals surface area contributed by atoms with E-state index in [-0.39, 0.29) is 5.91 Å². The van der Waals surface area contributed by atoms with E-state index in [1.165, 1.54) is 6.92 Å². The van der Waals surface area contributed by atoms with E-state index in [9.17, 15) is 9.59 Å². The molecule has 4 atom stereocenters. The third kappa shape index (κ3) is 4.48. The fraction of sp³-hybridized carbons (Fsp3) is 0.300. The average Bonchev–Trinajstić information content (AvgIpc) is 2.91. The molecule has 142 valence electrons. The number of esters is 1. The van der Waals surface area contributed by atoms with Crippen LogP contribution in [0.5, 0.6) is 0 Å².